The van der Waals surface area contributed by atoms with Gasteiger partial charge in [0.25, 0.3) is 0 Å². The van der Waals surface area contributed by atoms with Gasteiger partial charge in [-0.1, -0.05) is 0 Å². The SMILES string of the molecule is [CH2-]CN1CCN(c2ccc(C(=O)O)cc2)CC1.[Y]. The predicted octanol–water partition coefficient (Wildman–Crippen LogP) is 1.34. The summed E-state index contributed by atoms with van der Waals surface area (Å²) in [6.45, 7) is 8.72. The molecular formula is C13H17N2O2Y-. The average Bonchev–Trinajstić information content (AvgIpc) is 2.39. The van der Waals surface area contributed by atoms with Crippen LogP contribution in [0.4, 0.5) is 5.69 Å². The summed E-state index contributed by atoms with van der Waals surface area (Å²) in [4.78, 5) is 15.3. The van der Waals surface area contributed by atoms with E-state index in [1.807, 2.05) is 12.1 Å². The smallest absolute Gasteiger partial charge is 0.335 e. The Labute approximate surface area is 133 Å². The van der Waals surface area contributed by atoms with Crippen LogP contribution in [0.25, 0.3) is 0 Å². The fourth-order valence-electron chi connectivity index (χ4n) is 2.04. The van der Waals surface area contributed by atoms with Crippen LogP contribution in [0.15, 0.2) is 24.3 Å². The normalized spacial score (nSPS) is 16.2. The first kappa shape index (κ1) is 15.6. The zero-order valence-electron chi connectivity index (χ0n) is 10.4. The summed E-state index contributed by atoms with van der Waals surface area (Å²) in [6.07, 6.45) is 0. The number of carbonyl (C=O) groups is 1. The molecule has 0 aromatic heterocycles. The monoisotopic (exact) mass is 322 g/mol. The van der Waals surface area contributed by atoms with Gasteiger partial charge in [0.05, 0.1) is 5.56 Å². The Hall–Kier alpha value is -0.446. The van der Waals surface area contributed by atoms with Gasteiger partial charge in [0, 0.05) is 64.6 Å². The van der Waals surface area contributed by atoms with Crippen LogP contribution in [-0.2, 0) is 32.7 Å². The van der Waals surface area contributed by atoms with Gasteiger partial charge in [0.1, 0.15) is 0 Å². The number of carboxylic acids is 1. The van der Waals surface area contributed by atoms with Crippen LogP contribution in [0.5, 0.6) is 0 Å². The summed E-state index contributed by atoms with van der Waals surface area (Å²) in [5.74, 6) is -0.876. The number of piperazine rings is 1. The van der Waals surface area contributed by atoms with Crippen LogP contribution in [0, 0.1) is 6.92 Å². The molecule has 95 valence electrons. The fourth-order valence-corrected chi connectivity index (χ4v) is 2.04. The van der Waals surface area contributed by atoms with Gasteiger partial charge in [0.15, 0.2) is 0 Å². The van der Waals surface area contributed by atoms with E-state index < -0.39 is 5.97 Å². The molecule has 0 saturated carbocycles. The Balaban J connectivity index is 0.00000162. The molecular weight excluding hydrogens is 305 g/mol. The number of aromatic carboxylic acids is 1. The van der Waals surface area contributed by atoms with Crippen molar-refractivity contribution in [3.05, 3.63) is 36.8 Å². The van der Waals surface area contributed by atoms with E-state index >= 15 is 0 Å². The van der Waals surface area contributed by atoms with Crippen LogP contribution in [-0.4, -0.2) is 48.7 Å². The molecule has 1 aromatic carbocycles. The van der Waals surface area contributed by atoms with E-state index in [0.29, 0.717) is 5.56 Å². The average molecular weight is 322 g/mol. The first-order valence-corrected chi connectivity index (χ1v) is 5.80. The topological polar surface area (TPSA) is 43.8 Å². The number of hydrogen-bond donors (Lipinski definition) is 1. The van der Waals surface area contributed by atoms with Crippen LogP contribution in [0.2, 0.25) is 0 Å². The summed E-state index contributed by atoms with van der Waals surface area (Å²) >= 11 is 0. The Morgan fingerprint density at radius 2 is 1.72 bits per heavy atom. The number of nitrogens with zero attached hydrogens (tertiary/aromatic N) is 2. The van der Waals surface area contributed by atoms with Crippen molar-refractivity contribution in [1.29, 1.82) is 0 Å². The summed E-state index contributed by atoms with van der Waals surface area (Å²) < 4.78 is 0. The quantitative estimate of drug-likeness (QED) is 0.853. The molecule has 1 aliphatic heterocycles. The van der Waals surface area contributed by atoms with Crippen molar-refractivity contribution >= 4 is 11.7 Å². The minimum absolute atomic E-state index is 0. The van der Waals surface area contributed by atoms with E-state index in [0.717, 1.165) is 38.4 Å². The second kappa shape index (κ2) is 7.22. The van der Waals surface area contributed by atoms with Gasteiger partial charge in [-0.05, 0) is 24.3 Å². The minimum Gasteiger partial charge on any atom is -0.478 e. The molecule has 18 heavy (non-hydrogen) atoms. The summed E-state index contributed by atoms with van der Waals surface area (Å²) in [5.41, 5.74) is 1.43. The third kappa shape index (κ3) is 3.77. The van der Waals surface area contributed by atoms with Crippen LogP contribution in [0.1, 0.15) is 10.4 Å². The molecule has 1 radical (unpaired) electrons. The third-order valence-electron chi connectivity index (χ3n) is 3.17. The van der Waals surface area contributed by atoms with Crippen molar-refractivity contribution in [3.8, 4) is 0 Å². The van der Waals surface area contributed by atoms with E-state index in [4.69, 9.17) is 5.11 Å². The van der Waals surface area contributed by atoms with Gasteiger partial charge < -0.3 is 21.8 Å². The van der Waals surface area contributed by atoms with Crippen LogP contribution < -0.4 is 4.90 Å². The van der Waals surface area contributed by atoms with Gasteiger partial charge in [-0.15, -0.1) is 6.54 Å². The number of hydrogen-bond acceptors (Lipinski definition) is 3. The first-order chi connectivity index (χ1) is 8.20. The van der Waals surface area contributed by atoms with Crippen molar-refractivity contribution in [2.75, 3.05) is 37.6 Å². The van der Waals surface area contributed by atoms with E-state index in [9.17, 15) is 4.79 Å². The maximum absolute atomic E-state index is 10.7. The molecule has 0 atom stereocenters. The third-order valence-corrected chi connectivity index (χ3v) is 3.17. The zero-order valence-corrected chi connectivity index (χ0v) is 13.2. The van der Waals surface area contributed by atoms with Crippen LogP contribution in [0.3, 0.4) is 0 Å². The van der Waals surface area contributed by atoms with Gasteiger partial charge in [-0.3, -0.25) is 0 Å². The molecule has 1 saturated heterocycles. The van der Waals surface area contributed by atoms with Crippen molar-refractivity contribution in [1.82, 2.24) is 4.90 Å². The number of benzene rings is 1. The second-order valence-corrected chi connectivity index (χ2v) is 4.18. The summed E-state index contributed by atoms with van der Waals surface area (Å²) in [7, 11) is 0. The van der Waals surface area contributed by atoms with Crippen molar-refractivity contribution in [2.24, 2.45) is 0 Å². The molecule has 1 aromatic rings. The molecule has 0 amide bonds. The summed E-state index contributed by atoms with van der Waals surface area (Å²) in [6, 6.07) is 7.07. The largest absolute Gasteiger partial charge is 0.478 e. The Kier molecular flexibility index (Phi) is 6.26. The predicted molar refractivity (Wildman–Crippen MR) is 67.4 cm³/mol. The molecule has 0 spiro atoms. The van der Waals surface area contributed by atoms with Crippen LogP contribution >= 0.6 is 0 Å². The van der Waals surface area contributed by atoms with Gasteiger partial charge in [-0.2, -0.15) is 0 Å². The second-order valence-electron chi connectivity index (χ2n) is 4.18. The molecule has 2 rings (SSSR count). The molecule has 1 heterocycles. The first-order valence-electron chi connectivity index (χ1n) is 5.80. The summed E-state index contributed by atoms with van der Waals surface area (Å²) in [5, 5.41) is 8.83. The number of anilines is 1. The maximum Gasteiger partial charge on any atom is 0.335 e. The Bertz CT molecular complexity index is 386. The van der Waals surface area contributed by atoms with Gasteiger partial charge in [0.2, 0.25) is 0 Å². The van der Waals surface area contributed by atoms with Gasteiger partial charge in [-0.25, -0.2) is 4.79 Å². The standard InChI is InChI=1S/C13H17N2O2.Y/c1-2-14-7-9-15(10-8-14)12-5-3-11(4-6-12)13(16)17;/h3-6H,1-2,7-10H2,(H,16,17);/q-1;. The molecule has 1 N–H and O–H groups in total. The van der Waals surface area contributed by atoms with Crippen molar-refractivity contribution in [3.63, 3.8) is 0 Å². The molecule has 0 unspecified atom stereocenters. The number of carboxylic acid groups (broad SMARTS) is 1. The van der Waals surface area contributed by atoms with E-state index in [-0.39, 0.29) is 32.7 Å². The zero-order chi connectivity index (χ0) is 12.3. The maximum atomic E-state index is 10.7. The van der Waals surface area contributed by atoms with E-state index in [1.54, 1.807) is 12.1 Å². The number of rotatable bonds is 3. The molecule has 5 heteroatoms. The molecule has 1 aliphatic rings. The Morgan fingerprint density at radius 3 is 2.17 bits per heavy atom. The van der Waals surface area contributed by atoms with Crippen molar-refractivity contribution in [2.45, 2.75) is 0 Å². The molecule has 0 aliphatic carbocycles. The molecule has 0 bridgehead atoms. The van der Waals surface area contributed by atoms with Crippen molar-refractivity contribution < 1.29 is 42.6 Å². The minimum atomic E-state index is -0.876. The fraction of sp³-hybridized carbons (Fsp3) is 0.385. The van der Waals surface area contributed by atoms with E-state index in [2.05, 4.69) is 16.7 Å². The molecule has 4 nitrogen and oxygen atoms in total. The molecule has 1 fully saturated rings. The van der Waals surface area contributed by atoms with E-state index in [1.165, 1.54) is 0 Å². The Morgan fingerprint density at radius 1 is 1.17 bits per heavy atom. The van der Waals surface area contributed by atoms with Gasteiger partial charge >= 0.3 is 5.97 Å².